The first-order chi connectivity index (χ1) is 10.1. The number of hydrogen-bond acceptors (Lipinski definition) is 5. The van der Waals surface area contributed by atoms with Crippen LogP contribution in [0.3, 0.4) is 0 Å². The van der Waals surface area contributed by atoms with Crippen LogP contribution in [0.1, 0.15) is 5.56 Å². The van der Waals surface area contributed by atoms with Gasteiger partial charge in [-0.05, 0) is 11.6 Å². The van der Waals surface area contributed by atoms with Crippen LogP contribution in [0.2, 0.25) is 0 Å². The van der Waals surface area contributed by atoms with Crippen LogP contribution in [0.4, 0.5) is 11.5 Å². The highest BCUT2D eigenvalue weighted by molar-refractivity contribution is 5.63. The van der Waals surface area contributed by atoms with Crippen LogP contribution in [0, 0.1) is 0 Å². The molecule has 1 aliphatic heterocycles. The van der Waals surface area contributed by atoms with Gasteiger partial charge in [0.25, 0.3) is 5.56 Å². The zero-order valence-electron chi connectivity index (χ0n) is 12.0. The number of nitrogens with zero attached hydrogens (tertiary/aromatic N) is 4. The van der Waals surface area contributed by atoms with Crippen LogP contribution in [0.25, 0.3) is 0 Å². The van der Waals surface area contributed by atoms with Gasteiger partial charge in [0, 0.05) is 39.4 Å². The number of benzene rings is 1. The number of fused-ring (bicyclic) bond motifs is 1. The molecule has 0 radical (unpaired) electrons. The van der Waals surface area contributed by atoms with E-state index in [9.17, 15) is 9.59 Å². The average molecular weight is 287 g/mol. The Kier molecular flexibility index (Phi) is 3.34. The van der Waals surface area contributed by atoms with Crippen LogP contribution in [0.5, 0.6) is 0 Å². The fraction of sp³-hybridized carbons (Fsp3) is 0.357. The second-order valence-electron chi connectivity index (χ2n) is 5.05. The lowest BCUT2D eigenvalue weighted by Crippen LogP contribution is -2.42. The molecule has 7 nitrogen and oxygen atoms in total. The molecule has 0 spiro atoms. The maximum absolute atomic E-state index is 12.4. The second kappa shape index (κ2) is 5.17. The quantitative estimate of drug-likeness (QED) is 0.781. The Labute approximate surface area is 121 Å². The van der Waals surface area contributed by atoms with Crippen molar-refractivity contribution in [3.8, 4) is 0 Å². The third kappa shape index (κ3) is 2.25. The van der Waals surface area contributed by atoms with Crippen LogP contribution >= 0.6 is 0 Å². The van der Waals surface area contributed by atoms with Crippen molar-refractivity contribution in [2.45, 2.75) is 6.54 Å². The summed E-state index contributed by atoms with van der Waals surface area (Å²) in [5, 5.41) is 7.48. The highest BCUT2D eigenvalue weighted by Crippen LogP contribution is 2.26. The fourth-order valence-electron chi connectivity index (χ4n) is 2.53. The zero-order valence-corrected chi connectivity index (χ0v) is 12.0. The van der Waals surface area contributed by atoms with E-state index < -0.39 is 5.69 Å². The van der Waals surface area contributed by atoms with E-state index in [-0.39, 0.29) is 11.4 Å². The third-order valence-corrected chi connectivity index (χ3v) is 3.67. The van der Waals surface area contributed by atoms with Crippen LogP contribution in [-0.4, -0.2) is 27.4 Å². The number of aromatic nitrogens is 3. The summed E-state index contributed by atoms with van der Waals surface area (Å²) in [4.78, 5) is 26.0. The molecule has 0 unspecified atom stereocenters. The van der Waals surface area contributed by atoms with Crippen molar-refractivity contribution in [1.82, 2.24) is 19.7 Å². The van der Waals surface area contributed by atoms with E-state index in [1.807, 2.05) is 29.2 Å². The summed E-state index contributed by atoms with van der Waals surface area (Å²) in [6.07, 6.45) is 0. The molecule has 21 heavy (non-hydrogen) atoms. The van der Waals surface area contributed by atoms with E-state index in [1.54, 1.807) is 7.05 Å². The molecule has 2 aromatic rings. The lowest BCUT2D eigenvalue weighted by Gasteiger charge is -2.23. The Balaban J connectivity index is 2.22. The van der Waals surface area contributed by atoms with Gasteiger partial charge in [-0.1, -0.05) is 18.2 Å². The molecule has 0 saturated carbocycles. The molecule has 0 bridgehead atoms. The number of hydrogen-bond donors (Lipinski definition) is 1. The number of para-hydroxylation sites is 1. The molecule has 7 heteroatoms. The van der Waals surface area contributed by atoms with Crippen molar-refractivity contribution >= 4 is 11.5 Å². The van der Waals surface area contributed by atoms with E-state index in [2.05, 4.69) is 10.4 Å². The Morgan fingerprint density at radius 3 is 2.76 bits per heavy atom. The van der Waals surface area contributed by atoms with Gasteiger partial charge in [0.05, 0.1) is 0 Å². The number of rotatable bonds is 1. The topological polar surface area (TPSA) is 72.2 Å². The van der Waals surface area contributed by atoms with Gasteiger partial charge in [-0.2, -0.15) is 0 Å². The van der Waals surface area contributed by atoms with Crippen LogP contribution < -0.4 is 21.5 Å². The first-order valence-corrected chi connectivity index (χ1v) is 6.80. The smallest absolute Gasteiger partial charge is 0.319 e. The van der Waals surface area contributed by atoms with Crippen molar-refractivity contribution in [3.63, 3.8) is 0 Å². The third-order valence-electron chi connectivity index (χ3n) is 3.67. The van der Waals surface area contributed by atoms with E-state index in [0.717, 1.165) is 28.9 Å². The van der Waals surface area contributed by atoms with E-state index in [1.165, 1.54) is 11.7 Å². The van der Waals surface area contributed by atoms with E-state index >= 15 is 0 Å². The predicted octanol–water partition coefficient (Wildman–Crippen LogP) is -0.280. The Hall–Kier alpha value is -2.41. The molecular weight excluding hydrogens is 270 g/mol. The maximum atomic E-state index is 12.4. The van der Waals surface area contributed by atoms with Crippen LogP contribution in [-0.2, 0) is 20.6 Å². The van der Waals surface area contributed by atoms with Gasteiger partial charge in [-0.3, -0.25) is 9.36 Å². The monoisotopic (exact) mass is 287 g/mol. The van der Waals surface area contributed by atoms with Crippen LogP contribution in [0.15, 0.2) is 33.9 Å². The van der Waals surface area contributed by atoms with Crippen molar-refractivity contribution in [1.29, 1.82) is 0 Å². The van der Waals surface area contributed by atoms with Crippen molar-refractivity contribution in [2.24, 2.45) is 14.1 Å². The number of nitrogens with one attached hydrogen (secondary N) is 1. The molecule has 110 valence electrons. The Morgan fingerprint density at radius 1 is 1.19 bits per heavy atom. The molecule has 0 aliphatic carbocycles. The van der Waals surface area contributed by atoms with E-state index in [0.29, 0.717) is 6.54 Å². The van der Waals surface area contributed by atoms with Crippen molar-refractivity contribution in [2.75, 3.05) is 18.0 Å². The summed E-state index contributed by atoms with van der Waals surface area (Å²) in [5.41, 5.74) is 1.25. The SMILES string of the molecule is Cn1nc(N2CCNCc3ccccc32)c(=O)n(C)c1=O. The van der Waals surface area contributed by atoms with Gasteiger partial charge in [0.15, 0.2) is 0 Å². The summed E-state index contributed by atoms with van der Waals surface area (Å²) in [5.74, 6) is 0.274. The van der Waals surface area contributed by atoms with Gasteiger partial charge in [0.2, 0.25) is 5.82 Å². The van der Waals surface area contributed by atoms with Gasteiger partial charge < -0.3 is 10.2 Å². The lowest BCUT2D eigenvalue weighted by atomic mass is 10.1. The number of anilines is 2. The highest BCUT2D eigenvalue weighted by Gasteiger charge is 2.21. The molecular formula is C14H17N5O2. The minimum atomic E-state index is -0.426. The molecule has 1 N–H and O–H groups in total. The normalized spacial score (nSPS) is 14.7. The minimum absolute atomic E-state index is 0.274. The molecule has 0 fully saturated rings. The summed E-state index contributed by atoms with van der Waals surface area (Å²) in [6, 6.07) is 7.89. The van der Waals surface area contributed by atoms with Gasteiger partial charge in [0.1, 0.15) is 0 Å². The van der Waals surface area contributed by atoms with Crippen molar-refractivity contribution in [3.05, 3.63) is 50.7 Å². The molecule has 0 saturated heterocycles. The molecule has 1 aliphatic rings. The standard InChI is InChI=1S/C14H17N5O2/c1-17-13(20)12(16-18(2)14(17)21)19-8-7-15-9-10-5-3-4-6-11(10)19/h3-6,15H,7-9H2,1-2H3. The van der Waals surface area contributed by atoms with E-state index in [4.69, 9.17) is 0 Å². The molecule has 0 atom stereocenters. The molecule has 1 aromatic heterocycles. The Morgan fingerprint density at radius 2 is 1.95 bits per heavy atom. The second-order valence-corrected chi connectivity index (χ2v) is 5.05. The average Bonchev–Trinajstić information content (AvgIpc) is 2.71. The summed E-state index contributed by atoms with van der Waals surface area (Å²) in [7, 11) is 3.02. The molecule has 2 heterocycles. The van der Waals surface area contributed by atoms with Gasteiger partial charge in [-0.25, -0.2) is 9.48 Å². The minimum Gasteiger partial charge on any atom is -0.319 e. The number of aryl methyl sites for hydroxylation is 1. The summed E-state index contributed by atoms with van der Waals surface area (Å²) in [6.45, 7) is 2.11. The maximum Gasteiger partial charge on any atom is 0.346 e. The fourth-order valence-corrected chi connectivity index (χ4v) is 2.53. The molecule has 1 aromatic carbocycles. The molecule has 3 rings (SSSR count). The highest BCUT2D eigenvalue weighted by atomic mass is 16.2. The largest absolute Gasteiger partial charge is 0.346 e. The summed E-state index contributed by atoms with van der Waals surface area (Å²) >= 11 is 0. The van der Waals surface area contributed by atoms with Gasteiger partial charge in [-0.15, -0.1) is 5.10 Å². The summed E-state index contributed by atoms with van der Waals surface area (Å²) < 4.78 is 2.28. The van der Waals surface area contributed by atoms with Crippen molar-refractivity contribution < 1.29 is 0 Å². The Bertz CT molecular complexity index is 793. The first kappa shape index (κ1) is 13.6. The molecule has 0 amide bonds. The lowest BCUT2D eigenvalue weighted by molar-refractivity contribution is 0.596. The van der Waals surface area contributed by atoms with Gasteiger partial charge >= 0.3 is 5.69 Å². The first-order valence-electron chi connectivity index (χ1n) is 6.80. The predicted molar refractivity (Wildman–Crippen MR) is 79.9 cm³/mol. The zero-order chi connectivity index (χ0) is 15.0.